The van der Waals surface area contributed by atoms with E-state index in [2.05, 4.69) is 11.6 Å². The minimum atomic E-state index is -3.73. The molecule has 0 saturated heterocycles. The quantitative estimate of drug-likeness (QED) is 0.619. The number of pyridine rings is 1. The molecule has 6 heteroatoms. The Morgan fingerprint density at radius 1 is 1.64 bits per heavy atom. The van der Waals surface area contributed by atoms with Crippen molar-refractivity contribution in [2.75, 3.05) is 5.75 Å². The number of nitrogens with zero attached hydrogens (tertiary/aromatic N) is 1. The van der Waals surface area contributed by atoms with Gasteiger partial charge in [-0.3, -0.25) is 0 Å². The number of thioether (sulfide) groups is 1. The number of hydrogen-bond donors (Lipinski definition) is 1. The van der Waals surface area contributed by atoms with Crippen LogP contribution in [0.3, 0.4) is 0 Å². The van der Waals surface area contributed by atoms with Crippen LogP contribution in [-0.2, 0) is 10.0 Å². The summed E-state index contributed by atoms with van der Waals surface area (Å²) in [4.78, 5) is 4.29. The van der Waals surface area contributed by atoms with Gasteiger partial charge in [-0.05, 0) is 12.1 Å². The Hall–Kier alpha value is -0.850. The Morgan fingerprint density at radius 2 is 2.36 bits per heavy atom. The summed E-state index contributed by atoms with van der Waals surface area (Å²) in [5.74, 6) is 0.619. The van der Waals surface area contributed by atoms with E-state index in [1.807, 2.05) is 0 Å². The van der Waals surface area contributed by atoms with Gasteiger partial charge in [0.05, 0.1) is 0 Å². The zero-order valence-electron chi connectivity index (χ0n) is 7.38. The van der Waals surface area contributed by atoms with Crippen LogP contribution in [0.15, 0.2) is 40.9 Å². The second-order valence-electron chi connectivity index (χ2n) is 2.45. The van der Waals surface area contributed by atoms with Crippen molar-refractivity contribution in [3.8, 4) is 0 Å². The van der Waals surface area contributed by atoms with Gasteiger partial charge in [-0.2, -0.15) is 0 Å². The smallest absolute Gasteiger partial charge is 0.242 e. The average Bonchev–Trinajstić information content (AvgIpc) is 2.14. The lowest BCUT2D eigenvalue weighted by molar-refractivity contribution is 0.591. The summed E-state index contributed by atoms with van der Waals surface area (Å²) >= 11 is 1.33. The summed E-state index contributed by atoms with van der Waals surface area (Å²) in [6.07, 6.45) is 3.09. The lowest BCUT2D eigenvalue weighted by atomic mass is 10.5. The standard InChI is InChI=1S/C8H10N2O2S2/c1-2-6-13-7-4-3-5-10-8(7)14(9,11)12/h2-5H,1,6H2,(H2,9,11,12). The molecule has 0 saturated carbocycles. The molecule has 0 fully saturated rings. The summed E-state index contributed by atoms with van der Waals surface area (Å²) in [7, 11) is -3.73. The highest BCUT2D eigenvalue weighted by Gasteiger charge is 2.14. The average molecular weight is 230 g/mol. The molecule has 14 heavy (non-hydrogen) atoms. The molecule has 1 aromatic rings. The minimum absolute atomic E-state index is 0.0770. The maximum Gasteiger partial charge on any atom is 0.256 e. The number of nitrogens with two attached hydrogens (primary N) is 1. The number of sulfonamides is 1. The van der Waals surface area contributed by atoms with Gasteiger partial charge in [0.15, 0.2) is 5.03 Å². The van der Waals surface area contributed by atoms with Crippen molar-refractivity contribution < 1.29 is 8.42 Å². The second-order valence-corrected chi connectivity index (χ2v) is 4.99. The summed E-state index contributed by atoms with van der Waals surface area (Å²) in [6, 6.07) is 3.33. The molecule has 1 heterocycles. The van der Waals surface area contributed by atoms with Crippen LogP contribution in [0.25, 0.3) is 0 Å². The first kappa shape index (κ1) is 11.2. The molecule has 0 aliphatic heterocycles. The third kappa shape index (κ3) is 2.83. The molecule has 2 N–H and O–H groups in total. The van der Waals surface area contributed by atoms with Crippen molar-refractivity contribution in [2.24, 2.45) is 5.14 Å². The monoisotopic (exact) mass is 230 g/mol. The molecule has 0 aliphatic carbocycles. The van der Waals surface area contributed by atoms with E-state index in [4.69, 9.17) is 5.14 Å². The summed E-state index contributed by atoms with van der Waals surface area (Å²) in [5.41, 5.74) is 0. The molecular weight excluding hydrogens is 220 g/mol. The zero-order valence-corrected chi connectivity index (χ0v) is 9.01. The van der Waals surface area contributed by atoms with Gasteiger partial charge in [-0.15, -0.1) is 18.3 Å². The van der Waals surface area contributed by atoms with E-state index in [1.54, 1.807) is 18.2 Å². The molecule has 0 spiro atoms. The fourth-order valence-corrected chi connectivity index (χ4v) is 2.58. The highest BCUT2D eigenvalue weighted by atomic mass is 32.2. The number of hydrogen-bond acceptors (Lipinski definition) is 4. The van der Waals surface area contributed by atoms with Gasteiger partial charge in [-0.1, -0.05) is 6.08 Å². The molecule has 4 nitrogen and oxygen atoms in total. The number of aromatic nitrogens is 1. The molecule has 1 rings (SSSR count). The van der Waals surface area contributed by atoms with Crippen LogP contribution in [0.4, 0.5) is 0 Å². The molecule has 0 aliphatic rings. The van der Waals surface area contributed by atoms with Crippen LogP contribution in [0.2, 0.25) is 0 Å². The van der Waals surface area contributed by atoms with Gasteiger partial charge in [0.1, 0.15) is 0 Å². The van der Waals surface area contributed by atoms with Crippen molar-refractivity contribution in [3.63, 3.8) is 0 Å². The van der Waals surface area contributed by atoms with Crippen LogP contribution < -0.4 is 5.14 Å². The van der Waals surface area contributed by atoms with Crippen LogP contribution in [0.5, 0.6) is 0 Å². The summed E-state index contributed by atoms with van der Waals surface area (Å²) in [5, 5.41) is 4.92. The van der Waals surface area contributed by atoms with Crippen LogP contribution in [-0.4, -0.2) is 19.2 Å². The maximum absolute atomic E-state index is 11.1. The first-order chi connectivity index (χ1) is 6.55. The van der Waals surface area contributed by atoms with E-state index >= 15 is 0 Å². The zero-order chi connectivity index (χ0) is 10.6. The first-order valence-electron chi connectivity index (χ1n) is 3.77. The van der Waals surface area contributed by atoms with Gasteiger partial charge in [0.2, 0.25) is 0 Å². The Morgan fingerprint density at radius 3 is 2.93 bits per heavy atom. The van der Waals surface area contributed by atoms with Crippen molar-refractivity contribution in [1.82, 2.24) is 4.98 Å². The van der Waals surface area contributed by atoms with Crippen LogP contribution in [0.1, 0.15) is 0 Å². The molecular formula is C8H10N2O2S2. The molecule has 0 bridgehead atoms. The minimum Gasteiger partial charge on any atom is -0.242 e. The van der Waals surface area contributed by atoms with E-state index in [-0.39, 0.29) is 5.03 Å². The van der Waals surface area contributed by atoms with Gasteiger partial charge < -0.3 is 0 Å². The Balaban J connectivity index is 3.10. The Bertz CT molecular complexity index is 429. The van der Waals surface area contributed by atoms with Crippen LogP contribution in [0, 0.1) is 0 Å². The number of rotatable bonds is 4. The normalized spacial score (nSPS) is 11.2. The largest absolute Gasteiger partial charge is 0.256 e. The van der Waals surface area contributed by atoms with Crippen molar-refractivity contribution >= 4 is 21.8 Å². The molecule has 0 radical (unpaired) electrons. The fourth-order valence-electron chi connectivity index (χ4n) is 0.848. The van der Waals surface area contributed by atoms with E-state index in [1.165, 1.54) is 18.0 Å². The summed E-state index contributed by atoms with van der Waals surface area (Å²) < 4.78 is 22.2. The van der Waals surface area contributed by atoms with Gasteiger partial charge in [0.25, 0.3) is 10.0 Å². The van der Waals surface area contributed by atoms with E-state index < -0.39 is 10.0 Å². The predicted octanol–water partition coefficient (Wildman–Crippen LogP) is 1.01. The molecule has 0 atom stereocenters. The van der Waals surface area contributed by atoms with E-state index in [0.29, 0.717) is 10.6 Å². The van der Waals surface area contributed by atoms with Gasteiger partial charge in [0, 0.05) is 16.8 Å². The first-order valence-corrected chi connectivity index (χ1v) is 6.30. The third-order valence-corrected chi connectivity index (χ3v) is 3.40. The highest BCUT2D eigenvalue weighted by molar-refractivity contribution is 8.00. The Labute approximate surface area is 87.3 Å². The maximum atomic E-state index is 11.1. The molecule has 0 aromatic carbocycles. The van der Waals surface area contributed by atoms with Crippen molar-refractivity contribution in [3.05, 3.63) is 31.0 Å². The topological polar surface area (TPSA) is 73.0 Å². The third-order valence-electron chi connectivity index (χ3n) is 1.36. The van der Waals surface area contributed by atoms with Crippen LogP contribution >= 0.6 is 11.8 Å². The second kappa shape index (κ2) is 4.59. The fraction of sp³-hybridized carbons (Fsp3) is 0.125. The molecule has 0 unspecified atom stereocenters. The summed E-state index contributed by atoms with van der Waals surface area (Å²) in [6.45, 7) is 3.55. The molecule has 0 amide bonds. The van der Waals surface area contributed by atoms with Crippen molar-refractivity contribution in [2.45, 2.75) is 9.92 Å². The Kier molecular flexibility index (Phi) is 3.68. The van der Waals surface area contributed by atoms with Gasteiger partial charge >= 0.3 is 0 Å². The molecule has 1 aromatic heterocycles. The number of primary sulfonamides is 1. The van der Waals surface area contributed by atoms with Crippen molar-refractivity contribution in [1.29, 1.82) is 0 Å². The lowest BCUT2D eigenvalue weighted by Crippen LogP contribution is -2.14. The highest BCUT2D eigenvalue weighted by Crippen LogP contribution is 2.23. The van der Waals surface area contributed by atoms with E-state index in [9.17, 15) is 8.42 Å². The van der Waals surface area contributed by atoms with Gasteiger partial charge in [-0.25, -0.2) is 18.5 Å². The lowest BCUT2D eigenvalue weighted by Gasteiger charge is -2.03. The predicted molar refractivity (Wildman–Crippen MR) is 56.5 cm³/mol. The van der Waals surface area contributed by atoms with E-state index in [0.717, 1.165) is 0 Å². The SMILES string of the molecule is C=CCSc1cccnc1S(N)(=O)=O. The molecule has 76 valence electrons.